The van der Waals surface area contributed by atoms with Crippen molar-refractivity contribution in [3.63, 3.8) is 0 Å². The van der Waals surface area contributed by atoms with Crippen molar-refractivity contribution in [2.75, 3.05) is 5.73 Å². The van der Waals surface area contributed by atoms with E-state index in [1.54, 1.807) is 0 Å². The first kappa shape index (κ1) is 12.9. The molecule has 0 spiro atoms. The highest BCUT2D eigenvalue weighted by Gasteiger charge is 2.08. The van der Waals surface area contributed by atoms with E-state index < -0.39 is 5.82 Å². The minimum Gasteiger partial charge on any atom is -0.455 e. The van der Waals surface area contributed by atoms with Crippen molar-refractivity contribution in [2.24, 2.45) is 0 Å². The molecule has 0 aliphatic heterocycles. The molecule has 4 heteroatoms. The number of hydrogen-bond donors (Lipinski definition) is 1. The minimum atomic E-state index is -0.409. The predicted octanol–water partition coefficient (Wildman–Crippen LogP) is 5.12. The van der Waals surface area contributed by atoms with Crippen LogP contribution in [0.25, 0.3) is 10.8 Å². The van der Waals surface area contributed by atoms with Gasteiger partial charge in [0.15, 0.2) is 5.75 Å². The molecular formula is C16H11BrFNO. The van der Waals surface area contributed by atoms with E-state index in [4.69, 9.17) is 10.5 Å². The fourth-order valence-electron chi connectivity index (χ4n) is 1.99. The van der Waals surface area contributed by atoms with E-state index in [-0.39, 0.29) is 5.69 Å². The van der Waals surface area contributed by atoms with Crippen LogP contribution in [0.15, 0.2) is 59.1 Å². The molecule has 0 aromatic heterocycles. The molecule has 2 N–H and O–H groups in total. The second kappa shape index (κ2) is 5.13. The highest BCUT2D eigenvalue weighted by molar-refractivity contribution is 9.10. The summed E-state index contributed by atoms with van der Waals surface area (Å²) in [5.74, 6) is 0.677. The van der Waals surface area contributed by atoms with Gasteiger partial charge in [-0.3, -0.25) is 0 Å². The number of nitrogens with two attached hydrogens (primary N) is 1. The monoisotopic (exact) mass is 331 g/mol. The van der Waals surface area contributed by atoms with Crippen molar-refractivity contribution in [3.05, 3.63) is 64.9 Å². The molecule has 0 amide bonds. The molecule has 0 saturated heterocycles. The Labute approximate surface area is 124 Å². The number of benzene rings is 3. The molecule has 0 aliphatic rings. The van der Waals surface area contributed by atoms with Gasteiger partial charge in [0.05, 0.1) is 10.2 Å². The molecule has 100 valence electrons. The Morgan fingerprint density at radius 2 is 1.70 bits per heavy atom. The lowest BCUT2D eigenvalue weighted by Crippen LogP contribution is -1.94. The summed E-state index contributed by atoms with van der Waals surface area (Å²) in [7, 11) is 0. The van der Waals surface area contributed by atoms with Crippen LogP contribution in [0.2, 0.25) is 0 Å². The third kappa shape index (κ3) is 2.47. The Bertz CT molecular complexity index is 789. The van der Waals surface area contributed by atoms with Crippen LogP contribution in [0.4, 0.5) is 10.1 Å². The fraction of sp³-hybridized carbons (Fsp3) is 0. The van der Waals surface area contributed by atoms with Crippen LogP contribution in [0.5, 0.6) is 11.5 Å². The van der Waals surface area contributed by atoms with Gasteiger partial charge in [-0.05, 0) is 38.8 Å². The van der Waals surface area contributed by atoms with Crippen LogP contribution in [-0.2, 0) is 0 Å². The third-order valence-electron chi connectivity index (χ3n) is 3.00. The van der Waals surface area contributed by atoms with Crippen LogP contribution in [-0.4, -0.2) is 0 Å². The average molecular weight is 332 g/mol. The van der Waals surface area contributed by atoms with E-state index in [1.165, 1.54) is 12.1 Å². The lowest BCUT2D eigenvalue weighted by molar-refractivity contribution is 0.483. The SMILES string of the molecule is Nc1cc(F)c(Br)cc1Oc1ccc2ccccc2c1. The quantitative estimate of drug-likeness (QED) is 0.662. The molecule has 0 saturated carbocycles. The van der Waals surface area contributed by atoms with Crippen LogP contribution in [0.1, 0.15) is 0 Å². The molecule has 0 bridgehead atoms. The maximum absolute atomic E-state index is 13.3. The van der Waals surface area contributed by atoms with Gasteiger partial charge >= 0.3 is 0 Å². The Morgan fingerprint density at radius 1 is 0.950 bits per heavy atom. The first-order chi connectivity index (χ1) is 9.63. The van der Waals surface area contributed by atoms with Crippen LogP contribution >= 0.6 is 15.9 Å². The molecule has 20 heavy (non-hydrogen) atoms. The predicted molar refractivity (Wildman–Crippen MR) is 82.5 cm³/mol. The molecular weight excluding hydrogens is 321 g/mol. The van der Waals surface area contributed by atoms with Gasteiger partial charge in [-0.2, -0.15) is 0 Å². The largest absolute Gasteiger partial charge is 0.455 e. The van der Waals surface area contributed by atoms with E-state index in [9.17, 15) is 4.39 Å². The van der Waals surface area contributed by atoms with Crippen molar-refractivity contribution in [3.8, 4) is 11.5 Å². The van der Waals surface area contributed by atoms with Crippen molar-refractivity contribution in [1.82, 2.24) is 0 Å². The summed E-state index contributed by atoms with van der Waals surface area (Å²) in [4.78, 5) is 0. The van der Waals surface area contributed by atoms with Crippen molar-refractivity contribution in [1.29, 1.82) is 0 Å². The van der Waals surface area contributed by atoms with Gasteiger partial charge in [0, 0.05) is 12.1 Å². The standard InChI is InChI=1S/C16H11BrFNO/c17-13-8-16(15(19)9-14(13)18)20-12-6-5-10-3-1-2-4-11(10)7-12/h1-9H,19H2. The van der Waals surface area contributed by atoms with Crippen molar-refractivity contribution >= 4 is 32.4 Å². The Kier molecular flexibility index (Phi) is 3.32. The van der Waals surface area contributed by atoms with E-state index in [2.05, 4.69) is 15.9 Å². The Hall–Kier alpha value is -2.07. The summed E-state index contributed by atoms with van der Waals surface area (Å²) in [5, 5.41) is 2.21. The number of nitrogen functional groups attached to an aromatic ring is 1. The first-order valence-electron chi connectivity index (χ1n) is 6.04. The highest BCUT2D eigenvalue weighted by atomic mass is 79.9. The Balaban J connectivity index is 1.99. The second-order valence-electron chi connectivity index (χ2n) is 4.42. The molecule has 0 atom stereocenters. The van der Waals surface area contributed by atoms with E-state index in [1.807, 2.05) is 42.5 Å². The summed E-state index contributed by atoms with van der Waals surface area (Å²) < 4.78 is 19.4. The summed E-state index contributed by atoms with van der Waals surface area (Å²) in [6.45, 7) is 0. The van der Waals surface area contributed by atoms with Gasteiger partial charge in [0.25, 0.3) is 0 Å². The lowest BCUT2D eigenvalue weighted by atomic mass is 10.1. The second-order valence-corrected chi connectivity index (χ2v) is 5.27. The van der Waals surface area contributed by atoms with Gasteiger partial charge in [0.1, 0.15) is 11.6 Å². The fourth-order valence-corrected chi connectivity index (χ4v) is 2.31. The number of fused-ring (bicyclic) bond motifs is 1. The smallest absolute Gasteiger partial charge is 0.151 e. The third-order valence-corrected chi connectivity index (χ3v) is 3.61. The zero-order valence-corrected chi connectivity index (χ0v) is 12.0. The van der Waals surface area contributed by atoms with E-state index >= 15 is 0 Å². The summed E-state index contributed by atoms with van der Waals surface area (Å²) in [6.07, 6.45) is 0. The molecule has 0 fully saturated rings. The maximum Gasteiger partial charge on any atom is 0.151 e. The molecule has 0 aliphatic carbocycles. The molecule has 3 rings (SSSR count). The van der Waals surface area contributed by atoms with Crippen molar-refractivity contribution in [2.45, 2.75) is 0 Å². The molecule has 2 nitrogen and oxygen atoms in total. The van der Waals surface area contributed by atoms with Crippen LogP contribution in [0, 0.1) is 5.82 Å². The highest BCUT2D eigenvalue weighted by Crippen LogP contribution is 2.33. The van der Waals surface area contributed by atoms with Gasteiger partial charge in [-0.25, -0.2) is 4.39 Å². The van der Waals surface area contributed by atoms with Crippen LogP contribution in [0.3, 0.4) is 0 Å². The van der Waals surface area contributed by atoms with E-state index in [0.29, 0.717) is 16.0 Å². The summed E-state index contributed by atoms with van der Waals surface area (Å²) >= 11 is 3.12. The molecule has 0 heterocycles. The topological polar surface area (TPSA) is 35.2 Å². The average Bonchev–Trinajstić information content (AvgIpc) is 2.44. The number of hydrogen-bond acceptors (Lipinski definition) is 2. The lowest BCUT2D eigenvalue weighted by Gasteiger charge is -2.10. The molecule has 3 aromatic carbocycles. The number of anilines is 1. The zero-order chi connectivity index (χ0) is 14.1. The zero-order valence-electron chi connectivity index (χ0n) is 10.4. The molecule has 0 radical (unpaired) electrons. The molecule has 0 unspecified atom stereocenters. The van der Waals surface area contributed by atoms with E-state index in [0.717, 1.165) is 10.8 Å². The number of halogens is 2. The van der Waals surface area contributed by atoms with Gasteiger partial charge in [-0.15, -0.1) is 0 Å². The number of ether oxygens (including phenoxy) is 1. The summed E-state index contributed by atoms with van der Waals surface area (Å²) in [5.41, 5.74) is 6.03. The number of rotatable bonds is 2. The van der Waals surface area contributed by atoms with Gasteiger partial charge in [-0.1, -0.05) is 30.3 Å². The normalized spacial score (nSPS) is 10.7. The maximum atomic E-state index is 13.3. The van der Waals surface area contributed by atoms with Gasteiger partial charge in [0.2, 0.25) is 0 Å². The summed E-state index contributed by atoms with van der Waals surface area (Å²) in [6, 6.07) is 16.5. The van der Waals surface area contributed by atoms with Crippen LogP contribution < -0.4 is 10.5 Å². The van der Waals surface area contributed by atoms with Crippen molar-refractivity contribution < 1.29 is 9.13 Å². The minimum absolute atomic E-state index is 0.263. The molecule has 3 aromatic rings. The first-order valence-corrected chi connectivity index (χ1v) is 6.84. The van der Waals surface area contributed by atoms with Gasteiger partial charge < -0.3 is 10.5 Å². The Morgan fingerprint density at radius 3 is 2.50 bits per heavy atom.